The maximum atomic E-state index is 12.5. The molecule has 0 spiro atoms. The van der Waals surface area contributed by atoms with Crippen LogP contribution in [0.5, 0.6) is 0 Å². The van der Waals surface area contributed by atoms with Crippen LogP contribution in [0.1, 0.15) is 24.8 Å². The Morgan fingerprint density at radius 2 is 2.10 bits per heavy atom. The molecule has 0 N–H and O–H groups in total. The van der Waals surface area contributed by atoms with Crippen molar-refractivity contribution >= 4 is 11.9 Å². The first-order chi connectivity index (χ1) is 10.2. The van der Waals surface area contributed by atoms with Gasteiger partial charge in [0.05, 0.1) is 13.0 Å². The molecule has 1 heterocycles. The summed E-state index contributed by atoms with van der Waals surface area (Å²) in [6, 6.07) is 10.00. The van der Waals surface area contributed by atoms with Gasteiger partial charge in [-0.3, -0.25) is 9.59 Å². The van der Waals surface area contributed by atoms with Gasteiger partial charge in [0.25, 0.3) is 0 Å². The lowest BCUT2D eigenvalue weighted by atomic mass is 9.85. The largest absolute Gasteiger partial charge is 0.469 e. The third-order valence-electron chi connectivity index (χ3n) is 4.35. The van der Waals surface area contributed by atoms with Crippen molar-refractivity contribution in [3.05, 3.63) is 47.0 Å². The van der Waals surface area contributed by atoms with Crippen LogP contribution in [0.3, 0.4) is 0 Å². The van der Waals surface area contributed by atoms with E-state index in [1.165, 1.54) is 12.7 Å². The van der Waals surface area contributed by atoms with E-state index in [0.29, 0.717) is 19.5 Å². The van der Waals surface area contributed by atoms with Crippen molar-refractivity contribution < 1.29 is 14.3 Å². The van der Waals surface area contributed by atoms with Crippen molar-refractivity contribution in [1.82, 2.24) is 4.90 Å². The van der Waals surface area contributed by atoms with E-state index in [4.69, 9.17) is 4.74 Å². The van der Waals surface area contributed by atoms with Crippen LogP contribution in [0.2, 0.25) is 0 Å². The van der Waals surface area contributed by atoms with Gasteiger partial charge < -0.3 is 9.64 Å². The second-order valence-corrected chi connectivity index (χ2v) is 5.69. The lowest BCUT2D eigenvalue weighted by Crippen LogP contribution is -2.27. The van der Waals surface area contributed by atoms with Gasteiger partial charge in [0, 0.05) is 18.7 Å². The van der Waals surface area contributed by atoms with Crippen LogP contribution in [-0.4, -0.2) is 30.4 Å². The standard InChI is InChI=1S/C17H19NO3/c1-21-17(20)13-7-8-14-11-18(16(19)15(14)9-13)10-12-5-3-2-4-6-12/h2-6,13H,7-11H2,1H3. The average Bonchev–Trinajstić information content (AvgIpc) is 2.83. The van der Waals surface area contributed by atoms with Gasteiger partial charge in [0.15, 0.2) is 0 Å². The van der Waals surface area contributed by atoms with Crippen LogP contribution in [0.15, 0.2) is 41.5 Å². The Balaban J connectivity index is 1.70. The topological polar surface area (TPSA) is 46.6 Å². The molecule has 0 fully saturated rings. The number of ether oxygens (including phenoxy) is 1. The van der Waals surface area contributed by atoms with E-state index in [2.05, 4.69) is 0 Å². The molecule has 21 heavy (non-hydrogen) atoms. The molecule has 110 valence electrons. The first-order valence-corrected chi connectivity index (χ1v) is 7.31. The lowest BCUT2D eigenvalue weighted by molar-refractivity contribution is -0.145. The zero-order chi connectivity index (χ0) is 14.8. The molecule has 1 aliphatic carbocycles. The number of methoxy groups -OCH3 is 1. The minimum Gasteiger partial charge on any atom is -0.469 e. The number of esters is 1. The average molecular weight is 285 g/mol. The van der Waals surface area contributed by atoms with Gasteiger partial charge in [-0.1, -0.05) is 30.3 Å². The van der Waals surface area contributed by atoms with Crippen LogP contribution in [0.4, 0.5) is 0 Å². The van der Waals surface area contributed by atoms with Crippen LogP contribution < -0.4 is 0 Å². The van der Waals surface area contributed by atoms with Crippen molar-refractivity contribution in [3.8, 4) is 0 Å². The van der Waals surface area contributed by atoms with E-state index < -0.39 is 0 Å². The van der Waals surface area contributed by atoms with E-state index in [1.54, 1.807) is 0 Å². The number of hydrogen-bond donors (Lipinski definition) is 0. The minimum atomic E-state index is -0.198. The highest BCUT2D eigenvalue weighted by Gasteiger charge is 2.36. The second-order valence-electron chi connectivity index (χ2n) is 5.69. The molecule has 0 saturated carbocycles. The Morgan fingerprint density at radius 3 is 2.81 bits per heavy atom. The number of nitrogens with zero attached hydrogens (tertiary/aromatic N) is 1. The van der Waals surface area contributed by atoms with Gasteiger partial charge in [-0.05, 0) is 30.4 Å². The third-order valence-corrected chi connectivity index (χ3v) is 4.35. The number of benzene rings is 1. The summed E-state index contributed by atoms with van der Waals surface area (Å²) in [5.74, 6) is -0.271. The summed E-state index contributed by atoms with van der Waals surface area (Å²) in [5.41, 5.74) is 3.18. The summed E-state index contributed by atoms with van der Waals surface area (Å²) in [7, 11) is 1.41. The first-order valence-electron chi connectivity index (χ1n) is 7.31. The molecule has 3 rings (SSSR count). The van der Waals surface area contributed by atoms with E-state index in [-0.39, 0.29) is 17.8 Å². The van der Waals surface area contributed by atoms with Gasteiger partial charge in [-0.15, -0.1) is 0 Å². The fourth-order valence-electron chi connectivity index (χ4n) is 3.20. The minimum absolute atomic E-state index is 0.0856. The highest BCUT2D eigenvalue weighted by molar-refractivity contribution is 5.98. The number of rotatable bonds is 3. The van der Waals surface area contributed by atoms with E-state index in [9.17, 15) is 9.59 Å². The Labute approximate surface area is 124 Å². The van der Waals surface area contributed by atoms with Gasteiger partial charge in [0.1, 0.15) is 0 Å². The van der Waals surface area contributed by atoms with Gasteiger partial charge in [-0.2, -0.15) is 0 Å². The Kier molecular flexibility index (Phi) is 3.78. The molecule has 1 aliphatic heterocycles. The molecule has 0 bridgehead atoms. The van der Waals surface area contributed by atoms with Crippen molar-refractivity contribution in [2.45, 2.75) is 25.8 Å². The van der Waals surface area contributed by atoms with Gasteiger partial charge >= 0.3 is 5.97 Å². The molecular weight excluding hydrogens is 266 g/mol. The number of carbonyl (C=O) groups is 2. The van der Waals surface area contributed by atoms with Crippen LogP contribution in [0.25, 0.3) is 0 Å². The molecule has 1 unspecified atom stereocenters. The third kappa shape index (κ3) is 2.71. The molecule has 4 nitrogen and oxygen atoms in total. The van der Waals surface area contributed by atoms with Crippen molar-refractivity contribution in [3.63, 3.8) is 0 Å². The second kappa shape index (κ2) is 5.72. The predicted molar refractivity (Wildman–Crippen MR) is 78.2 cm³/mol. The fourth-order valence-corrected chi connectivity index (χ4v) is 3.20. The number of carbonyl (C=O) groups excluding carboxylic acids is 2. The van der Waals surface area contributed by atoms with Crippen molar-refractivity contribution in [2.75, 3.05) is 13.7 Å². The molecule has 1 amide bonds. The molecule has 1 atom stereocenters. The molecule has 0 saturated heterocycles. The fraction of sp³-hybridized carbons (Fsp3) is 0.412. The highest BCUT2D eigenvalue weighted by Crippen LogP contribution is 2.36. The normalized spacial score (nSPS) is 21.5. The molecule has 0 aromatic heterocycles. The van der Waals surface area contributed by atoms with Crippen molar-refractivity contribution in [2.24, 2.45) is 5.92 Å². The highest BCUT2D eigenvalue weighted by atomic mass is 16.5. The molecule has 0 radical (unpaired) electrons. The Morgan fingerprint density at radius 1 is 1.33 bits per heavy atom. The Bertz CT molecular complexity index is 591. The summed E-state index contributed by atoms with van der Waals surface area (Å²) in [6.07, 6.45) is 2.15. The van der Waals surface area contributed by atoms with Crippen LogP contribution in [-0.2, 0) is 20.9 Å². The van der Waals surface area contributed by atoms with E-state index in [1.807, 2.05) is 35.2 Å². The number of hydrogen-bond acceptors (Lipinski definition) is 3. The Hall–Kier alpha value is -2.10. The quantitative estimate of drug-likeness (QED) is 0.801. The summed E-state index contributed by atoms with van der Waals surface area (Å²) in [6.45, 7) is 1.34. The maximum Gasteiger partial charge on any atom is 0.309 e. The zero-order valence-corrected chi connectivity index (χ0v) is 12.2. The van der Waals surface area contributed by atoms with Crippen LogP contribution >= 0.6 is 0 Å². The molecular formula is C17H19NO3. The van der Waals surface area contributed by atoms with E-state index >= 15 is 0 Å². The van der Waals surface area contributed by atoms with Gasteiger partial charge in [-0.25, -0.2) is 0 Å². The smallest absolute Gasteiger partial charge is 0.309 e. The summed E-state index contributed by atoms with van der Waals surface area (Å²) < 4.78 is 4.81. The molecule has 2 aliphatic rings. The predicted octanol–water partition coefficient (Wildman–Crippen LogP) is 2.30. The first kappa shape index (κ1) is 13.9. The van der Waals surface area contributed by atoms with Crippen LogP contribution in [0, 0.1) is 5.92 Å². The summed E-state index contributed by atoms with van der Waals surface area (Å²) in [5, 5.41) is 0. The molecule has 4 heteroatoms. The zero-order valence-electron chi connectivity index (χ0n) is 12.2. The maximum absolute atomic E-state index is 12.5. The van der Waals surface area contributed by atoms with E-state index in [0.717, 1.165) is 24.0 Å². The summed E-state index contributed by atoms with van der Waals surface area (Å²) in [4.78, 5) is 26.1. The SMILES string of the molecule is COC(=O)C1CCC2=C(C1)C(=O)N(Cc1ccccc1)C2. The molecule has 1 aromatic carbocycles. The lowest BCUT2D eigenvalue weighted by Gasteiger charge is -2.20. The van der Waals surface area contributed by atoms with Gasteiger partial charge in [0.2, 0.25) is 5.91 Å². The monoisotopic (exact) mass is 285 g/mol. The number of amides is 1. The summed E-state index contributed by atoms with van der Waals surface area (Å²) >= 11 is 0. The van der Waals surface area contributed by atoms with Crippen molar-refractivity contribution in [1.29, 1.82) is 0 Å². The molecule has 1 aromatic rings.